The van der Waals surface area contributed by atoms with Crippen molar-refractivity contribution >= 4 is 0 Å². The van der Waals surface area contributed by atoms with Crippen LogP contribution in [0.1, 0.15) is 30.0 Å². The Kier molecular flexibility index (Phi) is 2.86. The molecule has 0 aliphatic heterocycles. The zero-order valence-corrected chi connectivity index (χ0v) is 7.85. The van der Waals surface area contributed by atoms with Crippen molar-refractivity contribution in [3.63, 3.8) is 0 Å². The van der Waals surface area contributed by atoms with Gasteiger partial charge in [-0.15, -0.1) is 0 Å². The van der Waals surface area contributed by atoms with Crippen LogP contribution in [-0.2, 0) is 6.42 Å². The van der Waals surface area contributed by atoms with E-state index in [4.69, 9.17) is 5.26 Å². The number of nitrogens with zero attached hydrogens (tertiary/aromatic N) is 1. The van der Waals surface area contributed by atoms with Gasteiger partial charge in [-0.2, -0.15) is 5.26 Å². The Balaban J connectivity index is 3.30. The third-order valence-corrected chi connectivity index (χ3v) is 2.09. The van der Waals surface area contributed by atoms with Gasteiger partial charge in [-0.05, 0) is 24.5 Å². The van der Waals surface area contributed by atoms with E-state index in [9.17, 15) is 4.79 Å². The van der Waals surface area contributed by atoms with Gasteiger partial charge in [-0.3, -0.25) is 4.79 Å². The lowest BCUT2D eigenvalue weighted by molar-refractivity contribution is 0.898. The molecule has 3 heteroatoms. The lowest BCUT2D eigenvalue weighted by Crippen LogP contribution is -2.13. The monoisotopic (exact) mass is 176 g/mol. The second-order valence-electron chi connectivity index (χ2n) is 3.00. The van der Waals surface area contributed by atoms with E-state index in [1.54, 1.807) is 6.20 Å². The van der Waals surface area contributed by atoms with Crippen molar-refractivity contribution in [3.05, 3.63) is 33.2 Å². The molecule has 0 unspecified atom stereocenters. The average molecular weight is 176 g/mol. The number of nitriles is 1. The van der Waals surface area contributed by atoms with E-state index >= 15 is 0 Å². The molecular weight excluding hydrogens is 164 g/mol. The first-order valence-electron chi connectivity index (χ1n) is 4.32. The summed E-state index contributed by atoms with van der Waals surface area (Å²) in [7, 11) is 0. The molecule has 0 bridgehead atoms. The van der Waals surface area contributed by atoms with E-state index < -0.39 is 0 Å². The number of rotatable bonds is 2. The van der Waals surface area contributed by atoms with Crippen molar-refractivity contribution in [2.24, 2.45) is 0 Å². The number of aromatic nitrogens is 1. The molecule has 13 heavy (non-hydrogen) atoms. The molecule has 0 atom stereocenters. The van der Waals surface area contributed by atoms with Crippen molar-refractivity contribution in [2.75, 3.05) is 0 Å². The highest BCUT2D eigenvalue weighted by atomic mass is 16.1. The summed E-state index contributed by atoms with van der Waals surface area (Å²) in [6.07, 6.45) is 3.61. The zero-order chi connectivity index (χ0) is 9.84. The molecule has 1 N–H and O–H groups in total. The summed E-state index contributed by atoms with van der Waals surface area (Å²) >= 11 is 0. The van der Waals surface area contributed by atoms with Gasteiger partial charge in [0, 0.05) is 6.20 Å². The van der Waals surface area contributed by atoms with E-state index in [0.717, 1.165) is 24.0 Å². The molecule has 68 valence electrons. The quantitative estimate of drug-likeness (QED) is 0.742. The minimum atomic E-state index is -0.292. The zero-order valence-electron chi connectivity index (χ0n) is 7.85. The molecular formula is C10H12N2O. The summed E-state index contributed by atoms with van der Waals surface area (Å²) in [5.74, 6) is 0. The van der Waals surface area contributed by atoms with Crippen LogP contribution in [0.3, 0.4) is 0 Å². The van der Waals surface area contributed by atoms with E-state index in [-0.39, 0.29) is 11.1 Å². The third kappa shape index (κ3) is 1.78. The smallest absolute Gasteiger partial charge is 0.266 e. The van der Waals surface area contributed by atoms with Gasteiger partial charge in [-0.25, -0.2) is 0 Å². The summed E-state index contributed by atoms with van der Waals surface area (Å²) in [5, 5.41) is 8.72. The summed E-state index contributed by atoms with van der Waals surface area (Å²) in [6, 6.07) is 1.92. The molecule has 1 aromatic heterocycles. The maximum Gasteiger partial charge on any atom is 0.266 e. The fourth-order valence-electron chi connectivity index (χ4n) is 1.33. The molecule has 0 amide bonds. The second-order valence-corrected chi connectivity index (χ2v) is 3.00. The number of aromatic amines is 1. The predicted molar refractivity (Wildman–Crippen MR) is 50.5 cm³/mol. The fourth-order valence-corrected chi connectivity index (χ4v) is 1.33. The van der Waals surface area contributed by atoms with Crippen LogP contribution in [0.25, 0.3) is 0 Å². The molecule has 0 aliphatic carbocycles. The van der Waals surface area contributed by atoms with Gasteiger partial charge in [-0.1, -0.05) is 13.3 Å². The van der Waals surface area contributed by atoms with Crippen LogP contribution in [0, 0.1) is 18.3 Å². The van der Waals surface area contributed by atoms with Gasteiger partial charge in [0.2, 0.25) is 0 Å². The molecule has 0 aliphatic rings. The van der Waals surface area contributed by atoms with Gasteiger partial charge < -0.3 is 4.98 Å². The van der Waals surface area contributed by atoms with Gasteiger partial charge in [0.05, 0.1) is 0 Å². The van der Waals surface area contributed by atoms with Crippen LogP contribution in [0.5, 0.6) is 0 Å². The van der Waals surface area contributed by atoms with E-state index in [1.807, 2.05) is 13.0 Å². The number of pyridine rings is 1. The Morgan fingerprint density at radius 2 is 2.31 bits per heavy atom. The number of hydrogen-bond acceptors (Lipinski definition) is 2. The van der Waals surface area contributed by atoms with Crippen LogP contribution in [-0.4, -0.2) is 4.98 Å². The average Bonchev–Trinajstić information content (AvgIpc) is 2.11. The maximum atomic E-state index is 11.1. The molecule has 0 fully saturated rings. The molecule has 1 aromatic rings. The number of aryl methyl sites for hydroxylation is 1. The molecule has 0 spiro atoms. The normalized spacial score (nSPS) is 9.62. The molecule has 0 radical (unpaired) electrons. The summed E-state index contributed by atoms with van der Waals surface area (Å²) in [5.41, 5.74) is 1.82. The second kappa shape index (κ2) is 3.90. The van der Waals surface area contributed by atoms with E-state index in [0.29, 0.717) is 0 Å². The molecule has 1 rings (SSSR count). The Morgan fingerprint density at radius 1 is 1.62 bits per heavy atom. The van der Waals surface area contributed by atoms with Crippen LogP contribution in [0.2, 0.25) is 0 Å². The molecule has 0 aromatic carbocycles. The number of nitrogens with one attached hydrogen (secondary N) is 1. The van der Waals surface area contributed by atoms with Gasteiger partial charge in [0.25, 0.3) is 5.56 Å². The minimum Gasteiger partial charge on any atom is -0.328 e. The SMILES string of the molecule is CCCc1c[nH]c(=O)c(C#N)c1C. The Labute approximate surface area is 77.0 Å². The van der Waals surface area contributed by atoms with Crippen molar-refractivity contribution in [3.8, 4) is 6.07 Å². The maximum absolute atomic E-state index is 11.1. The van der Waals surface area contributed by atoms with Crippen molar-refractivity contribution in [1.82, 2.24) is 4.98 Å². The fraction of sp³-hybridized carbons (Fsp3) is 0.400. The Hall–Kier alpha value is -1.56. The molecule has 0 saturated carbocycles. The van der Waals surface area contributed by atoms with Crippen LogP contribution >= 0.6 is 0 Å². The summed E-state index contributed by atoms with van der Waals surface area (Å²) in [4.78, 5) is 13.7. The lowest BCUT2D eigenvalue weighted by Gasteiger charge is -2.03. The van der Waals surface area contributed by atoms with E-state index in [2.05, 4.69) is 11.9 Å². The van der Waals surface area contributed by atoms with E-state index in [1.165, 1.54) is 0 Å². The van der Waals surface area contributed by atoms with Crippen molar-refractivity contribution in [1.29, 1.82) is 5.26 Å². The predicted octanol–water partition coefficient (Wildman–Crippen LogP) is 1.51. The highest BCUT2D eigenvalue weighted by molar-refractivity contribution is 5.38. The van der Waals surface area contributed by atoms with Gasteiger partial charge in [0.15, 0.2) is 0 Å². The Bertz CT molecular complexity index is 398. The largest absolute Gasteiger partial charge is 0.328 e. The summed E-state index contributed by atoms with van der Waals surface area (Å²) in [6.45, 7) is 3.88. The van der Waals surface area contributed by atoms with Gasteiger partial charge in [0.1, 0.15) is 11.6 Å². The third-order valence-electron chi connectivity index (χ3n) is 2.09. The standard InChI is InChI=1S/C10H12N2O/c1-3-4-8-6-12-10(13)9(5-11)7(8)2/h6H,3-4H2,1-2H3,(H,12,13). The molecule has 1 heterocycles. The van der Waals surface area contributed by atoms with Gasteiger partial charge >= 0.3 is 0 Å². The van der Waals surface area contributed by atoms with Crippen molar-refractivity contribution in [2.45, 2.75) is 26.7 Å². The van der Waals surface area contributed by atoms with Crippen LogP contribution in [0.4, 0.5) is 0 Å². The van der Waals surface area contributed by atoms with Crippen LogP contribution < -0.4 is 5.56 Å². The first-order valence-corrected chi connectivity index (χ1v) is 4.32. The molecule has 3 nitrogen and oxygen atoms in total. The highest BCUT2D eigenvalue weighted by Crippen LogP contribution is 2.09. The Morgan fingerprint density at radius 3 is 2.85 bits per heavy atom. The highest BCUT2D eigenvalue weighted by Gasteiger charge is 2.06. The number of hydrogen-bond donors (Lipinski definition) is 1. The lowest BCUT2D eigenvalue weighted by atomic mass is 10.0. The first kappa shape index (κ1) is 9.53. The summed E-state index contributed by atoms with van der Waals surface area (Å²) < 4.78 is 0. The molecule has 0 saturated heterocycles. The van der Waals surface area contributed by atoms with Crippen molar-refractivity contribution < 1.29 is 0 Å². The first-order chi connectivity index (χ1) is 6.20. The topological polar surface area (TPSA) is 56.6 Å². The number of H-pyrrole nitrogens is 1. The minimum absolute atomic E-state index is 0.242. The van der Waals surface area contributed by atoms with Crippen LogP contribution in [0.15, 0.2) is 11.0 Å².